The first-order valence-corrected chi connectivity index (χ1v) is 8.33. The molecule has 0 saturated carbocycles. The van der Waals surface area contributed by atoms with Crippen LogP contribution in [0.5, 0.6) is 0 Å². The molecule has 25 heavy (non-hydrogen) atoms. The summed E-state index contributed by atoms with van der Waals surface area (Å²) < 4.78 is 0. The van der Waals surface area contributed by atoms with E-state index in [1.54, 1.807) is 12.1 Å². The molecule has 130 valence electrons. The standard InChI is InChI=1S/C20H23N3O2/c1-4-15-7-11-18(12-8-15)22-19(24)20(25)23-21-13-16-5-9-17(10-6-16)14(2)3/h5-14H,4H2,1-3H3,(H,22,24)(H,23,25)/b21-13+. The summed E-state index contributed by atoms with van der Waals surface area (Å²) >= 11 is 0. The van der Waals surface area contributed by atoms with E-state index >= 15 is 0 Å². The Labute approximate surface area is 148 Å². The van der Waals surface area contributed by atoms with Gasteiger partial charge in [-0.25, -0.2) is 5.43 Å². The van der Waals surface area contributed by atoms with Crippen molar-refractivity contribution in [2.75, 3.05) is 5.32 Å². The molecule has 0 fully saturated rings. The van der Waals surface area contributed by atoms with Gasteiger partial charge < -0.3 is 5.32 Å². The molecule has 0 spiro atoms. The van der Waals surface area contributed by atoms with Gasteiger partial charge in [0.1, 0.15) is 0 Å². The van der Waals surface area contributed by atoms with Crippen LogP contribution >= 0.6 is 0 Å². The van der Waals surface area contributed by atoms with Crippen LogP contribution in [0.3, 0.4) is 0 Å². The molecule has 0 aliphatic heterocycles. The molecule has 0 heterocycles. The van der Waals surface area contributed by atoms with E-state index in [9.17, 15) is 9.59 Å². The van der Waals surface area contributed by atoms with Crippen molar-refractivity contribution in [1.29, 1.82) is 0 Å². The maximum atomic E-state index is 11.8. The fraction of sp³-hybridized carbons (Fsp3) is 0.250. The molecular formula is C20H23N3O2. The summed E-state index contributed by atoms with van der Waals surface area (Å²) in [7, 11) is 0. The maximum absolute atomic E-state index is 11.8. The third-order valence-corrected chi connectivity index (χ3v) is 3.81. The highest BCUT2D eigenvalue weighted by Crippen LogP contribution is 2.13. The predicted octanol–water partition coefficient (Wildman–Crippen LogP) is 3.46. The minimum absolute atomic E-state index is 0.459. The van der Waals surface area contributed by atoms with E-state index in [0.29, 0.717) is 11.6 Å². The van der Waals surface area contributed by atoms with E-state index in [2.05, 4.69) is 36.6 Å². The first-order chi connectivity index (χ1) is 12.0. The summed E-state index contributed by atoms with van der Waals surface area (Å²) in [6.45, 7) is 6.30. The van der Waals surface area contributed by atoms with Gasteiger partial charge in [0, 0.05) is 5.69 Å². The smallest absolute Gasteiger partial charge is 0.318 e. The number of carbonyl (C=O) groups excluding carboxylic acids is 2. The van der Waals surface area contributed by atoms with Crippen LogP contribution in [0.1, 0.15) is 43.4 Å². The summed E-state index contributed by atoms with van der Waals surface area (Å²) in [5.74, 6) is -1.10. The zero-order chi connectivity index (χ0) is 18.2. The van der Waals surface area contributed by atoms with E-state index < -0.39 is 11.8 Å². The third kappa shape index (κ3) is 5.57. The monoisotopic (exact) mass is 337 g/mol. The van der Waals surface area contributed by atoms with E-state index in [0.717, 1.165) is 17.5 Å². The molecule has 0 aliphatic rings. The van der Waals surface area contributed by atoms with Crippen molar-refractivity contribution in [3.8, 4) is 0 Å². The number of hydrogen-bond donors (Lipinski definition) is 2. The molecule has 0 aliphatic carbocycles. The molecule has 2 rings (SSSR count). The van der Waals surface area contributed by atoms with Gasteiger partial charge in [0.15, 0.2) is 0 Å². The maximum Gasteiger partial charge on any atom is 0.329 e. The molecule has 0 unspecified atom stereocenters. The molecule has 0 aromatic heterocycles. The van der Waals surface area contributed by atoms with Gasteiger partial charge in [0.2, 0.25) is 0 Å². The quantitative estimate of drug-likeness (QED) is 0.498. The second kappa shape index (κ2) is 8.78. The normalized spacial score (nSPS) is 10.9. The zero-order valence-corrected chi connectivity index (χ0v) is 14.7. The van der Waals surface area contributed by atoms with Crippen LogP contribution in [0, 0.1) is 0 Å². The zero-order valence-electron chi connectivity index (χ0n) is 14.7. The summed E-state index contributed by atoms with van der Waals surface area (Å²) in [5.41, 5.74) is 6.05. The van der Waals surface area contributed by atoms with Gasteiger partial charge in [0.25, 0.3) is 0 Å². The number of amides is 2. The van der Waals surface area contributed by atoms with Crippen LogP contribution < -0.4 is 10.7 Å². The minimum Gasteiger partial charge on any atom is -0.318 e. The number of benzene rings is 2. The SMILES string of the molecule is CCc1ccc(NC(=O)C(=O)N/N=C/c2ccc(C(C)C)cc2)cc1. The second-order valence-electron chi connectivity index (χ2n) is 6.03. The number of aryl methyl sites for hydroxylation is 1. The van der Waals surface area contributed by atoms with Crippen LogP contribution in [0.2, 0.25) is 0 Å². The molecule has 2 N–H and O–H groups in total. The summed E-state index contributed by atoms with van der Waals surface area (Å²) in [4.78, 5) is 23.6. The Kier molecular flexibility index (Phi) is 6.46. The minimum atomic E-state index is -0.811. The second-order valence-corrected chi connectivity index (χ2v) is 6.03. The highest BCUT2D eigenvalue weighted by atomic mass is 16.2. The Hall–Kier alpha value is -2.95. The molecule has 0 atom stereocenters. The molecule has 0 radical (unpaired) electrons. The fourth-order valence-corrected chi connectivity index (χ4v) is 2.19. The number of nitrogens with one attached hydrogen (secondary N) is 2. The number of hydrazone groups is 1. The number of carbonyl (C=O) groups is 2. The van der Waals surface area contributed by atoms with Crippen molar-refractivity contribution < 1.29 is 9.59 Å². The van der Waals surface area contributed by atoms with Gasteiger partial charge in [-0.15, -0.1) is 0 Å². The van der Waals surface area contributed by atoms with Crippen LogP contribution in [-0.2, 0) is 16.0 Å². The van der Waals surface area contributed by atoms with E-state index in [1.165, 1.54) is 11.8 Å². The lowest BCUT2D eigenvalue weighted by Crippen LogP contribution is -2.32. The van der Waals surface area contributed by atoms with E-state index in [-0.39, 0.29) is 0 Å². The molecule has 2 amide bonds. The average Bonchev–Trinajstić information content (AvgIpc) is 2.62. The molecular weight excluding hydrogens is 314 g/mol. The van der Waals surface area contributed by atoms with Gasteiger partial charge in [-0.2, -0.15) is 5.10 Å². The van der Waals surface area contributed by atoms with Crippen molar-refractivity contribution in [3.05, 3.63) is 65.2 Å². The van der Waals surface area contributed by atoms with E-state index in [1.807, 2.05) is 36.4 Å². The third-order valence-electron chi connectivity index (χ3n) is 3.81. The van der Waals surface area contributed by atoms with Gasteiger partial charge in [0.05, 0.1) is 6.21 Å². The van der Waals surface area contributed by atoms with Gasteiger partial charge >= 0.3 is 11.8 Å². The molecule has 5 nitrogen and oxygen atoms in total. The molecule has 0 bridgehead atoms. The van der Waals surface area contributed by atoms with Crippen LogP contribution in [-0.4, -0.2) is 18.0 Å². The molecule has 5 heteroatoms. The first-order valence-electron chi connectivity index (χ1n) is 8.33. The van der Waals surface area contributed by atoms with Crippen LogP contribution in [0.4, 0.5) is 5.69 Å². The molecule has 2 aromatic rings. The van der Waals surface area contributed by atoms with Crippen molar-refractivity contribution in [2.24, 2.45) is 5.10 Å². The van der Waals surface area contributed by atoms with Crippen molar-refractivity contribution in [3.63, 3.8) is 0 Å². The van der Waals surface area contributed by atoms with Gasteiger partial charge in [-0.1, -0.05) is 57.2 Å². The number of nitrogens with zero attached hydrogens (tertiary/aromatic N) is 1. The first kappa shape index (κ1) is 18.4. The fourth-order valence-electron chi connectivity index (χ4n) is 2.19. The number of anilines is 1. The number of hydrogen-bond acceptors (Lipinski definition) is 3. The topological polar surface area (TPSA) is 70.6 Å². The summed E-state index contributed by atoms with van der Waals surface area (Å²) in [6.07, 6.45) is 2.42. The lowest BCUT2D eigenvalue weighted by Gasteiger charge is -2.05. The Morgan fingerprint density at radius 2 is 1.64 bits per heavy atom. The van der Waals surface area contributed by atoms with E-state index in [4.69, 9.17) is 0 Å². The highest BCUT2D eigenvalue weighted by molar-refractivity contribution is 6.39. The Morgan fingerprint density at radius 1 is 1.00 bits per heavy atom. The van der Waals surface area contributed by atoms with Crippen molar-refractivity contribution >= 4 is 23.7 Å². The lowest BCUT2D eigenvalue weighted by molar-refractivity contribution is -0.136. The highest BCUT2D eigenvalue weighted by Gasteiger charge is 2.12. The Morgan fingerprint density at radius 3 is 2.20 bits per heavy atom. The summed E-state index contributed by atoms with van der Waals surface area (Å²) in [5, 5.41) is 6.36. The van der Waals surface area contributed by atoms with Crippen LogP contribution in [0.25, 0.3) is 0 Å². The van der Waals surface area contributed by atoms with Crippen LogP contribution in [0.15, 0.2) is 53.6 Å². The van der Waals surface area contributed by atoms with Crippen molar-refractivity contribution in [1.82, 2.24) is 5.43 Å². The lowest BCUT2D eigenvalue weighted by atomic mass is 10.0. The average molecular weight is 337 g/mol. The van der Waals surface area contributed by atoms with Crippen molar-refractivity contribution in [2.45, 2.75) is 33.1 Å². The molecule has 0 saturated heterocycles. The predicted molar refractivity (Wildman–Crippen MR) is 101 cm³/mol. The summed E-state index contributed by atoms with van der Waals surface area (Å²) in [6, 6.07) is 15.2. The largest absolute Gasteiger partial charge is 0.329 e. The molecule has 2 aromatic carbocycles. The Balaban J connectivity index is 1.86. The van der Waals surface area contributed by atoms with Gasteiger partial charge in [-0.3, -0.25) is 9.59 Å². The number of rotatable bonds is 5. The van der Waals surface area contributed by atoms with Gasteiger partial charge in [-0.05, 0) is 41.2 Å². The Bertz CT molecular complexity index is 748.